The third kappa shape index (κ3) is 4.56. The number of nitrogens with zero attached hydrogens (tertiary/aromatic N) is 1. The minimum atomic E-state index is -0.290. The van der Waals surface area contributed by atoms with Gasteiger partial charge >= 0.3 is 0 Å². The lowest BCUT2D eigenvalue weighted by molar-refractivity contribution is -0.121. The normalized spacial score (nSPS) is 15.4. The first-order valence-corrected chi connectivity index (χ1v) is 10.4. The Bertz CT molecular complexity index is 947. The van der Waals surface area contributed by atoms with Crippen LogP contribution >= 0.6 is 39.9 Å². The lowest BCUT2D eigenvalue weighted by atomic mass is 10.1. The van der Waals surface area contributed by atoms with Crippen molar-refractivity contribution in [1.82, 2.24) is 4.90 Å². The zero-order valence-electron chi connectivity index (χ0n) is 15.2. The summed E-state index contributed by atoms with van der Waals surface area (Å²) in [5, 5.41) is 0. The lowest BCUT2D eigenvalue weighted by Crippen LogP contribution is -2.27. The second-order valence-corrected chi connectivity index (χ2v) is 8.40. The molecule has 1 saturated heterocycles. The number of rotatable bonds is 6. The molecule has 1 amide bonds. The molecule has 28 heavy (non-hydrogen) atoms. The van der Waals surface area contributed by atoms with Crippen molar-refractivity contribution in [2.24, 2.45) is 0 Å². The van der Waals surface area contributed by atoms with Crippen LogP contribution in [0.4, 0.5) is 4.39 Å². The number of amides is 1. The van der Waals surface area contributed by atoms with Gasteiger partial charge in [-0.05, 0) is 48.4 Å². The Morgan fingerprint density at radius 2 is 1.96 bits per heavy atom. The smallest absolute Gasteiger partial charge is 0.266 e. The minimum absolute atomic E-state index is 0.0972. The summed E-state index contributed by atoms with van der Waals surface area (Å²) in [6, 6.07) is 9.70. The van der Waals surface area contributed by atoms with Crippen molar-refractivity contribution in [3.63, 3.8) is 0 Å². The van der Waals surface area contributed by atoms with E-state index in [0.29, 0.717) is 27.3 Å². The Morgan fingerprint density at radius 3 is 2.57 bits per heavy atom. The fourth-order valence-corrected chi connectivity index (χ4v) is 4.40. The highest BCUT2D eigenvalue weighted by Crippen LogP contribution is 2.38. The summed E-state index contributed by atoms with van der Waals surface area (Å²) in [7, 11) is 1.55. The summed E-state index contributed by atoms with van der Waals surface area (Å²) >= 11 is 10.1. The molecule has 0 bridgehead atoms. The Kier molecular flexibility index (Phi) is 6.74. The van der Waals surface area contributed by atoms with Crippen LogP contribution in [-0.2, 0) is 11.4 Å². The SMILES string of the molecule is CCN1C(=O)/C(=C/c2cc(OC)c(OCc3ccc(F)cc3)cc2Br)SC1=S. The second-order valence-electron chi connectivity index (χ2n) is 5.87. The number of likely N-dealkylation sites (N-methyl/N-ethyl adjacent to an activating group) is 1. The lowest BCUT2D eigenvalue weighted by Gasteiger charge is -2.13. The second kappa shape index (κ2) is 9.07. The number of benzene rings is 2. The van der Waals surface area contributed by atoms with Crippen molar-refractivity contribution in [3.8, 4) is 11.5 Å². The highest BCUT2D eigenvalue weighted by atomic mass is 79.9. The Morgan fingerprint density at radius 1 is 1.25 bits per heavy atom. The Labute approximate surface area is 180 Å². The van der Waals surface area contributed by atoms with Crippen LogP contribution < -0.4 is 9.47 Å². The molecule has 1 heterocycles. The van der Waals surface area contributed by atoms with Gasteiger partial charge in [0, 0.05) is 11.0 Å². The third-order valence-corrected chi connectivity index (χ3v) is 6.13. The molecule has 0 radical (unpaired) electrons. The number of carbonyl (C=O) groups excluding carboxylic acids is 1. The molecule has 1 aliphatic rings. The largest absolute Gasteiger partial charge is 0.493 e. The first kappa shape index (κ1) is 20.8. The highest BCUT2D eigenvalue weighted by Gasteiger charge is 2.30. The number of halogens is 2. The van der Waals surface area contributed by atoms with Crippen molar-refractivity contribution in [1.29, 1.82) is 0 Å². The minimum Gasteiger partial charge on any atom is -0.493 e. The van der Waals surface area contributed by atoms with Crippen LogP contribution in [0.15, 0.2) is 45.8 Å². The molecule has 1 fully saturated rings. The molecule has 0 aliphatic carbocycles. The van der Waals surface area contributed by atoms with Gasteiger partial charge < -0.3 is 9.47 Å². The van der Waals surface area contributed by atoms with Gasteiger partial charge in [0.25, 0.3) is 5.91 Å². The number of methoxy groups -OCH3 is 1. The molecule has 4 nitrogen and oxygen atoms in total. The zero-order valence-corrected chi connectivity index (χ0v) is 18.4. The number of hydrogen-bond acceptors (Lipinski definition) is 5. The standard InChI is InChI=1S/C20H17BrFNO3S2/c1-3-23-19(24)18(28-20(23)27)9-13-8-16(25-2)17(10-15(13)21)26-11-12-4-6-14(22)7-5-12/h4-10H,3,11H2,1-2H3/b18-9-. The van der Waals surface area contributed by atoms with Crippen LogP contribution in [0.5, 0.6) is 11.5 Å². The van der Waals surface area contributed by atoms with Gasteiger partial charge in [0.05, 0.1) is 12.0 Å². The molecule has 1 aliphatic heterocycles. The Hall–Kier alpha value is -1.90. The van der Waals surface area contributed by atoms with Gasteiger partial charge in [0.15, 0.2) is 11.5 Å². The number of carbonyl (C=O) groups is 1. The molecule has 0 spiro atoms. The predicted molar refractivity (Wildman–Crippen MR) is 117 cm³/mol. The fraction of sp³-hybridized carbons (Fsp3) is 0.200. The fourth-order valence-electron chi connectivity index (χ4n) is 2.59. The summed E-state index contributed by atoms with van der Waals surface area (Å²) in [5.74, 6) is 0.682. The molecule has 8 heteroatoms. The molecular formula is C20H17BrFNO3S2. The summed E-state index contributed by atoms with van der Waals surface area (Å²) in [6.07, 6.45) is 1.78. The average Bonchev–Trinajstić information content (AvgIpc) is 2.95. The van der Waals surface area contributed by atoms with Crippen LogP contribution in [0.25, 0.3) is 6.08 Å². The van der Waals surface area contributed by atoms with Gasteiger partial charge in [-0.15, -0.1) is 0 Å². The number of thiocarbonyl (C=S) groups is 1. The van der Waals surface area contributed by atoms with E-state index in [1.165, 1.54) is 23.9 Å². The van der Waals surface area contributed by atoms with E-state index in [4.69, 9.17) is 21.7 Å². The van der Waals surface area contributed by atoms with E-state index in [2.05, 4.69) is 15.9 Å². The van der Waals surface area contributed by atoms with Crippen LogP contribution in [0.2, 0.25) is 0 Å². The van der Waals surface area contributed by atoms with Crippen molar-refractivity contribution in [3.05, 3.63) is 62.7 Å². The molecule has 2 aromatic rings. The van der Waals surface area contributed by atoms with Gasteiger partial charge in [-0.3, -0.25) is 9.69 Å². The molecule has 0 N–H and O–H groups in total. The summed E-state index contributed by atoms with van der Waals surface area (Å²) in [4.78, 5) is 14.5. The van der Waals surface area contributed by atoms with Crippen molar-refractivity contribution in [2.45, 2.75) is 13.5 Å². The number of ether oxygens (including phenoxy) is 2. The molecule has 146 valence electrons. The molecule has 3 rings (SSSR count). The van der Waals surface area contributed by atoms with E-state index in [1.807, 2.05) is 6.92 Å². The number of thioether (sulfide) groups is 1. The zero-order chi connectivity index (χ0) is 20.3. The van der Waals surface area contributed by atoms with Crippen molar-refractivity contribution in [2.75, 3.05) is 13.7 Å². The van der Waals surface area contributed by atoms with Gasteiger partial charge in [0.2, 0.25) is 0 Å². The maximum absolute atomic E-state index is 13.0. The maximum atomic E-state index is 13.0. The third-order valence-electron chi connectivity index (χ3n) is 4.07. The van der Waals surface area contributed by atoms with Crippen molar-refractivity contribution >= 4 is 56.2 Å². The van der Waals surface area contributed by atoms with Gasteiger partial charge in [-0.25, -0.2) is 4.39 Å². The van der Waals surface area contributed by atoms with Crippen LogP contribution in [0, 0.1) is 5.82 Å². The van der Waals surface area contributed by atoms with Crippen LogP contribution in [0.3, 0.4) is 0 Å². The Balaban J connectivity index is 1.83. The molecule has 0 unspecified atom stereocenters. The van der Waals surface area contributed by atoms with Crippen LogP contribution in [0.1, 0.15) is 18.1 Å². The van der Waals surface area contributed by atoms with E-state index < -0.39 is 0 Å². The predicted octanol–water partition coefficient (Wildman–Crippen LogP) is 5.40. The maximum Gasteiger partial charge on any atom is 0.266 e. The molecule has 0 atom stereocenters. The first-order valence-electron chi connectivity index (χ1n) is 8.43. The highest BCUT2D eigenvalue weighted by molar-refractivity contribution is 9.10. The topological polar surface area (TPSA) is 38.8 Å². The van der Waals surface area contributed by atoms with E-state index in [1.54, 1.807) is 42.4 Å². The molecule has 0 saturated carbocycles. The summed E-state index contributed by atoms with van der Waals surface area (Å²) in [6.45, 7) is 2.71. The molecular weight excluding hydrogens is 465 g/mol. The quantitative estimate of drug-likeness (QED) is 0.408. The molecule has 0 aromatic heterocycles. The van der Waals surface area contributed by atoms with Crippen LogP contribution in [-0.4, -0.2) is 28.8 Å². The van der Waals surface area contributed by atoms with E-state index in [9.17, 15) is 9.18 Å². The summed E-state index contributed by atoms with van der Waals surface area (Å²) < 4.78 is 25.6. The first-order chi connectivity index (χ1) is 13.4. The van der Waals surface area contributed by atoms with E-state index in [0.717, 1.165) is 15.6 Å². The number of hydrogen-bond donors (Lipinski definition) is 0. The average molecular weight is 482 g/mol. The van der Waals surface area contributed by atoms with Gasteiger partial charge in [0.1, 0.15) is 16.7 Å². The van der Waals surface area contributed by atoms with E-state index in [-0.39, 0.29) is 18.3 Å². The van der Waals surface area contributed by atoms with E-state index >= 15 is 0 Å². The monoisotopic (exact) mass is 481 g/mol. The molecule has 2 aromatic carbocycles. The van der Waals surface area contributed by atoms with Crippen molar-refractivity contribution < 1.29 is 18.7 Å². The van der Waals surface area contributed by atoms with Gasteiger partial charge in [-0.1, -0.05) is 52.0 Å². The summed E-state index contributed by atoms with van der Waals surface area (Å²) in [5.41, 5.74) is 1.62. The van der Waals surface area contributed by atoms with Gasteiger partial charge in [-0.2, -0.15) is 0 Å².